The number of nitrogens with two attached hydrogens (primary N) is 1. The fourth-order valence-corrected chi connectivity index (χ4v) is 2.06. The molecular weight excluding hydrogens is 258 g/mol. The second-order valence-electron chi connectivity index (χ2n) is 5.60. The Bertz CT molecular complexity index is 335. The van der Waals surface area contributed by atoms with Crippen LogP contribution in [-0.2, 0) is 0 Å². The summed E-state index contributed by atoms with van der Waals surface area (Å²) in [6, 6.07) is 7.64. The Balaban J connectivity index is 0.00000324. The molecule has 0 aliphatic heterocycles. The fourth-order valence-electron chi connectivity index (χ4n) is 2.06. The first kappa shape index (κ1) is 18.1. The summed E-state index contributed by atoms with van der Waals surface area (Å²) in [5.74, 6) is 0.905. The maximum absolute atomic E-state index is 6.01. The van der Waals surface area contributed by atoms with Crippen molar-refractivity contribution >= 4 is 18.1 Å². The second-order valence-corrected chi connectivity index (χ2v) is 5.60. The highest BCUT2D eigenvalue weighted by Gasteiger charge is 2.18. The van der Waals surface area contributed by atoms with Crippen molar-refractivity contribution in [2.24, 2.45) is 0 Å². The van der Waals surface area contributed by atoms with Crippen LogP contribution in [0.1, 0.15) is 59.3 Å². The Labute approximate surface area is 124 Å². The van der Waals surface area contributed by atoms with Crippen molar-refractivity contribution < 1.29 is 4.74 Å². The Morgan fingerprint density at radius 2 is 1.58 bits per heavy atom. The predicted molar refractivity (Wildman–Crippen MR) is 86.2 cm³/mol. The van der Waals surface area contributed by atoms with Crippen molar-refractivity contribution in [1.82, 2.24) is 0 Å². The molecule has 0 saturated heterocycles. The topological polar surface area (TPSA) is 35.2 Å². The van der Waals surface area contributed by atoms with E-state index >= 15 is 0 Å². The van der Waals surface area contributed by atoms with Gasteiger partial charge >= 0.3 is 0 Å². The Morgan fingerprint density at radius 3 is 2.16 bits per heavy atom. The van der Waals surface area contributed by atoms with Gasteiger partial charge in [-0.3, -0.25) is 0 Å². The first-order chi connectivity index (χ1) is 8.53. The smallest absolute Gasteiger partial charge is 0.120 e. The van der Waals surface area contributed by atoms with Crippen molar-refractivity contribution in [2.45, 2.75) is 64.9 Å². The number of nitrogen functional groups attached to an aromatic ring is 1. The molecule has 19 heavy (non-hydrogen) atoms. The molecule has 0 saturated carbocycles. The molecule has 3 heteroatoms. The van der Waals surface area contributed by atoms with Crippen molar-refractivity contribution in [1.29, 1.82) is 0 Å². The lowest BCUT2D eigenvalue weighted by molar-refractivity contribution is 0.0961. The van der Waals surface area contributed by atoms with Crippen molar-refractivity contribution in [3.05, 3.63) is 24.3 Å². The number of benzene rings is 1. The third kappa shape index (κ3) is 7.99. The summed E-state index contributed by atoms with van der Waals surface area (Å²) in [5, 5.41) is 0. The molecule has 110 valence electrons. The minimum Gasteiger partial charge on any atom is -0.488 e. The quantitative estimate of drug-likeness (QED) is 0.526. The van der Waals surface area contributed by atoms with Crippen LogP contribution in [0.5, 0.6) is 5.75 Å². The molecule has 0 aliphatic rings. The zero-order valence-electron chi connectivity index (χ0n) is 12.4. The summed E-state index contributed by atoms with van der Waals surface area (Å²) in [6.07, 6.45) is 7.63. The Hall–Kier alpha value is -0.890. The number of anilines is 1. The van der Waals surface area contributed by atoms with E-state index in [9.17, 15) is 0 Å². The van der Waals surface area contributed by atoms with E-state index in [-0.39, 0.29) is 18.0 Å². The molecule has 0 aromatic heterocycles. The second kappa shape index (κ2) is 9.08. The van der Waals surface area contributed by atoms with Gasteiger partial charge in [-0.2, -0.15) is 0 Å². The van der Waals surface area contributed by atoms with Gasteiger partial charge in [-0.25, -0.2) is 0 Å². The zero-order chi connectivity index (χ0) is 13.4. The van der Waals surface area contributed by atoms with Gasteiger partial charge in [-0.05, 0) is 51.0 Å². The number of hydrogen-bond donors (Lipinski definition) is 1. The van der Waals surface area contributed by atoms with Crippen molar-refractivity contribution in [3.63, 3.8) is 0 Å². The SMILES string of the molecule is CCCCCCCC(C)(C)Oc1ccc(N)cc1.Cl. The summed E-state index contributed by atoms with van der Waals surface area (Å²) in [4.78, 5) is 0. The molecule has 0 amide bonds. The van der Waals surface area contributed by atoms with Crippen LogP contribution in [-0.4, -0.2) is 5.60 Å². The van der Waals surface area contributed by atoms with Gasteiger partial charge in [-0.1, -0.05) is 32.6 Å². The van der Waals surface area contributed by atoms with Gasteiger partial charge in [0.1, 0.15) is 11.4 Å². The molecule has 0 radical (unpaired) electrons. The maximum atomic E-state index is 6.01. The normalized spacial score (nSPS) is 10.9. The van der Waals surface area contributed by atoms with E-state index in [4.69, 9.17) is 10.5 Å². The number of unbranched alkanes of at least 4 members (excludes halogenated alkanes) is 4. The average Bonchev–Trinajstić information content (AvgIpc) is 2.31. The van der Waals surface area contributed by atoms with Gasteiger partial charge in [0.2, 0.25) is 0 Å². The summed E-state index contributed by atoms with van der Waals surface area (Å²) >= 11 is 0. The molecule has 0 spiro atoms. The Morgan fingerprint density at radius 1 is 1.00 bits per heavy atom. The van der Waals surface area contributed by atoms with E-state index < -0.39 is 0 Å². The predicted octanol–water partition coefficient (Wildman–Crippen LogP) is 5.21. The first-order valence-corrected chi connectivity index (χ1v) is 7.08. The molecule has 0 bridgehead atoms. The molecule has 0 aliphatic carbocycles. The molecule has 1 rings (SSSR count). The van der Waals surface area contributed by atoms with Crippen LogP contribution in [0.15, 0.2) is 24.3 Å². The highest BCUT2D eigenvalue weighted by atomic mass is 35.5. The first-order valence-electron chi connectivity index (χ1n) is 7.08. The summed E-state index contributed by atoms with van der Waals surface area (Å²) in [6.45, 7) is 6.56. The maximum Gasteiger partial charge on any atom is 0.120 e. The van der Waals surface area contributed by atoms with E-state index in [2.05, 4.69) is 20.8 Å². The Kier molecular flexibility index (Phi) is 8.66. The van der Waals surface area contributed by atoms with Crippen LogP contribution in [0.4, 0.5) is 5.69 Å². The van der Waals surface area contributed by atoms with E-state index in [0.29, 0.717) is 0 Å². The van der Waals surface area contributed by atoms with Crippen LogP contribution in [0.25, 0.3) is 0 Å². The molecule has 0 atom stereocenters. The van der Waals surface area contributed by atoms with Gasteiger partial charge in [0.15, 0.2) is 0 Å². The van der Waals surface area contributed by atoms with Gasteiger partial charge in [0.05, 0.1) is 0 Å². The number of ether oxygens (including phenoxy) is 1. The lowest BCUT2D eigenvalue weighted by Gasteiger charge is -2.26. The summed E-state index contributed by atoms with van der Waals surface area (Å²) < 4.78 is 6.01. The number of hydrogen-bond acceptors (Lipinski definition) is 2. The fraction of sp³-hybridized carbons (Fsp3) is 0.625. The average molecular weight is 286 g/mol. The van der Waals surface area contributed by atoms with E-state index in [1.165, 1.54) is 32.1 Å². The third-order valence-corrected chi connectivity index (χ3v) is 3.16. The lowest BCUT2D eigenvalue weighted by Crippen LogP contribution is -2.27. The van der Waals surface area contributed by atoms with Crippen LogP contribution in [0, 0.1) is 0 Å². The van der Waals surface area contributed by atoms with Crippen LogP contribution >= 0.6 is 12.4 Å². The third-order valence-electron chi connectivity index (χ3n) is 3.16. The highest BCUT2D eigenvalue weighted by Crippen LogP contribution is 2.24. The highest BCUT2D eigenvalue weighted by molar-refractivity contribution is 5.85. The molecule has 2 N–H and O–H groups in total. The van der Waals surface area contributed by atoms with Gasteiger partial charge in [0, 0.05) is 5.69 Å². The zero-order valence-corrected chi connectivity index (χ0v) is 13.3. The minimum absolute atomic E-state index is 0. The lowest BCUT2D eigenvalue weighted by atomic mass is 9.99. The van der Waals surface area contributed by atoms with Gasteiger partial charge in [0.25, 0.3) is 0 Å². The van der Waals surface area contributed by atoms with E-state index in [1.54, 1.807) is 0 Å². The van der Waals surface area contributed by atoms with Crippen molar-refractivity contribution in [2.75, 3.05) is 5.73 Å². The molecule has 0 fully saturated rings. The monoisotopic (exact) mass is 285 g/mol. The number of halogens is 1. The summed E-state index contributed by atoms with van der Waals surface area (Å²) in [5.41, 5.74) is 6.34. The van der Waals surface area contributed by atoms with Gasteiger partial charge in [-0.15, -0.1) is 12.4 Å². The largest absolute Gasteiger partial charge is 0.488 e. The molecular formula is C16H28ClNO. The van der Waals surface area contributed by atoms with Crippen LogP contribution in [0.3, 0.4) is 0 Å². The minimum atomic E-state index is -0.0949. The van der Waals surface area contributed by atoms with E-state index in [0.717, 1.165) is 17.9 Å². The molecule has 0 heterocycles. The molecule has 2 nitrogen and oxygen atoms in total. The molecule has 0 unspecified atom stereocenters. The van der Waals surface area contributed by atoms with Crippen LogP contribution in [0.2, 0.25) is 0 Å². The standard InChI is InChI=1S/C16H27NO.ClH/c1-4-5-6-7-8-13-16(2,3)18-15-11-9-14(17)10-12-15;/h9-12H,4-8,13,17H2,1-3H3;1H. The van der Waals surface area contributed by atoms with Crippen molar-refractivity contribution in [3.8, 4) is 5.75 Å². The summed E-state index contributed by atoms with van der Waals surface area (Å²) in [7, 11) is 0. The van der Waals surface area contributed by atoms with E-state index in [1.807, 2.05) is 24.3 Å². The van der Waals surface area contributed by atoms with Crippen LogP contribution < -0.4 is 10.5 Å². The number of rotatable bonds is 8. The van der Waals surface area contributed by atoms with Gasteiger partial charge < -0.3 is 10.5 Å². The molecule has 1 aromatic carbocycles. The molecule has 1 aromatic rings.